The van der Waals surface area contributed by atoms with Gasteiger partial charge in [-0.15, -0.1) is 0 Å². The van der Waals surface area contributed by atoms with Crippen LogP contribution in [0.25, 0.3) is 11.2 Å². The second-order valence-electron chi connectivity index (χ2n) is 10.7. The van der Waals surface area contributed by atoms with E-state index in [-0.39, 0.29) is 17.7 Å². The average molecular weight is 451 g/mol. The highest BCUT2D eigenvalue weighted by atomic mass is 16.3. The zero-order chi connectivity index (χ0) is 23.1. The number of aliphatic hydroxyl groups is 1. The van der Waals surface area contributed by atoms with E-state index in [4.69, 9.17) is 5.10 Å². The van der Waals surface area contributed by atoms with Crippen LogP contribution in [-0.4, -0.2) is 61.6 Å². The molecule has 4 aliphatic rings. The fourth-order valence-electron chi connectivity index (χ4n) is 6.10. The monoisotopic (exact) mass is 450 g/mol. The van der Waals surface area contributed by atoms with Crippen LogP contribution in [0.1, 0.15) is 87.0 Å². The Morgan fingerprint density at radius 2 is 2.03 bits per heavy atom. The van der Waals surface area contributed by atoms with Crippen LogP contribution in [0.5, 0.6) is 0 Å². The molecule has 0 aromatic carbocycles. The summed E-state index contributed by atoms with van der Waals surface area (Å²) in [6, 6.07) is 2.18. The molecule has 8 heteroatoms. The smallest absolute Gasteiger partial charge is 0.313 e. The van der Waals surface area contributed by atoms with E-state index in [2.05, 4.69) is 30.6 Å². The van der Waals surface area contributed by atoms with Crippen molar-refractivity contribution in [2.75, 3.05) is 19.6 Å². The van der Waals surface area contributed by atoms with Crippen LogP contribution in [0.2, 0.25) is 0 Å². The van der Waals surface area contributed by atoms with Crippen LogP contribution in [0.15, 0.2) is 18.3 Å². The summed E-state index contributed by atoms with van der Waals surface area (Å²) in [5.74, 6) is 0.0265. The zero-order valence-electron chi connectivity index (χ0n) is 19.7. The molecule has 2 aliphatic carbocycles. The van der Waals surface area contributed by atoms with Crippen molar-refractivity contribution in [1.29, 1.82) is 0 Å². The fraction of sp³-hybridized carbons (Fsp3) is 0.600. The molecule has 0 bridgehead atoms. The molecule has 1 unspecified atom stereocenters. The van der Waals surface area contributed by atoms with Crippen molar-refractivity contribution in [3.8, 4) is 0 Å². The van der Waals surface area contributed by atoms with Gasteiger partial charge in [-0.3, -0.25) is 14.5 Å². The van der Waals surface area contributed by atoms with Gasteiger partial charge in [-0.1, -0.05) is 29.5 Å². The lowest BCUT2D eigenvalue weighted by Crippen LogP contribution is -2.71. The summed E-state index contributed by atoms with van der Waals surface area (Å²) in [6.45, 7) is 7.64. The van der Waals surface area contributed by atoms with Gasteiger partial charge in [0.1, 0.15) is 11.3 Å². The minimum atomic E-state index is -1.23. The quantitative estimate of drug-likeness (QED) is 0.727. The maximum absolute atomic E-state index is 13.5. The molecule has 1 saturated heterocycles. The number of carbonyl (C=O) groups excluding carboxylic acids is 2. The first-order valence-electron chi connectivity index (χ1n) is 12.2. The molecule has 0 radical (unpaired) electrons. The van der Waals surface area contributed by atoms with Crippen LogP contribution < -0.4 is 4.57 Å². The molecule has 6 rings (SSSR count). The van der Waals surface area contributed by atoms with E-state index >= 15 is 0 Å². The summed E-state index contributed by atoms with van der Waals surface area (Å²) in [4.78, 5) is 30.2. The van der Waals surface area contributed by atoms with E-state index in [1.807, 2.05) is 22.5 Å². The predicted octanol–water partition coefficient (Wildman–Crippen LogP) is 2.20. The highest BCUT2D eigenvalue weighted by Crippen LogP contribution is 2.38. The van der Waals surface area contributed by atoms with Crippen LogP contribution in [0.4, 0.5) is 0 Å². The SMILES string of the molecule is CC(C)c1cc(C2=CCCC2)nn2cc3[n+](c12)C1(C)CN(C(=O)C2(O)CCC2)CCN1C3=O. The minimum Gasteiger partial charge on any atom is -0.380 e. The Bertz CT molecular complexity index is 1220. The summed E-state index contributed by atoms with van der Waals surface area (Å²) in [6.07, 6.45) is 9.34. The second kappa shape index (κ2) is 6.88. The number of nitrogens with zero attached hydrogens (tertiary/aromatic N) is 5. The van der Waals surface area contributed by atoms with Crippen molar-refractivity contribution in [3.63, 3.8) is 0 Å². The Labute approximate surface area is 193 Å². The highest BCUT2D eigenvalue weighted by Gasteiger charge is 2.58. The predicted molar refractivity (Wildman–Crippen MR) is 121 cm³/mol. The molecule has 4 heterocycles. The lowest BCUT2D eigenvalue weighted by molar-refractivity contribution is -0.749. The van der Waals surface area contributed by atoms with Crippen molar-refractivity contribution in [1.82, 2.24) is 19.4 Å². The van der Waals surface area contributed by atoms with Crippen molar-refractivity contribution in [3.05, 3.63) is 35.3 Å². The normalized spacial score (nSPS) is 26.0. The largest absolute Gasteiger partial charge is 0.380 e. The van der Waals surface area contributed by atoms with Gasteiger partial charge in [-0.2, -0.15) is 4.57 Å². The molecule has 1 saturated carbocycles. The van der Waals surface area contributed by atoms with Gasteiger partial charge in [-0.05, 0) is 56.1 Å². The lowest BCUT2D eigenvalue weighted by Gasteiger charge is -2.46. The standard InChI is InChI=1S/C25H32N5O3/c1-16(2)18-13-19(17-7-4-5-8-17)26-29-14-20-22(31)28-12-11-27(23(32)25(33)9-6-10-25)15-24(28,3)30(20)21(18)29/h7,13-14,16,33H,4-6,8-12,15H2,1-3H3/q+1. The van der Waals surface area contributed by atoms with Gasteiger partial charge in [0.2, 0.25) is 11.4 Å². The van der Waals surface area contributed by atoms with Crippen molar-refractivity contribution in [2.24, 2.45) is 0 Å². The van der Waals surface area contributed by atoms with Crippen LogP contribution in [-0.2, 0) is 10.5 Å². The van der Waals surface area contributed by atoms with E-state index in [1.165, 1.54) is 5.57 Å². The summed E-state index contributed by atoms with van der Waals surface area (Å²) >= 11 is 0. The average Bonchev–Trinajstić information content (AvgIpc) is 3.47. The van der Waals surface area contributed by atoms with Crippen LogP contribution in [0.3, 0.4) is 0 Å². The van der Waals surface area contributed by atoms with E-state index in [0.29, 0.717) is 38.2 Å². The number of hydrogen-bond donors (Lipinski definition) is 1. The van der Waals surface area contributed by atoms with Crippen LogP contribution in [0, 0.1) is 0 Å². The molecule has 8 nitrogen and oxygen atoms in total. The van der Waals surface area contributed by atoms with Crippen molar-refractivity contribution >= 4 is 23.0 Å². The first-order valence-corrected chi connectivity index (χ1v) is 12.2. The number of amides is 2. The van der Waals surface area contributed by atoms with E-state index in [0.717, 1.165) is 42.6 Å². The number of carbonyl (C=O) groups is 2. The Morgan fingerprint density at radius 1 is 1.24 bits per heavy atom. The fourth-order valence-corrected chi connectivity index (χ4v) is 6.10. The van der Waals surface area contributed by atoms with Crippen molar-refractivity contribution < 1.29 is 19.3 Å². The summed E-state index contributed by atoms with van der Waals surface area (Å²) in [5.41, 5.74) is 3.00. The zero-order valence-corrected chi connectivity index (χ0v) is 19.7. The first-order chi connectivity index (χ1) is 15.7. The number of fused-ring (bicyclic) bond motifs is 5. The van der Waals surface area contributed by atoms with Gasteiger partial charge in [-0.25, -0.2) is 0 Å². The topological polar surface area (TPSA) is 82.0 Å². The number of hydrogen-bond acceptors (Lipinski definition) is 4. The molecular formula is C25H32N5O3+. The number of allylic oxidation sites excluding steroid dienone is 2. The molecule has 2 aromatic heterocycles. The molecule has 0 spiro atoms. The molecule has 2 fully saturated rings. The summed E-state index contributed by atoms with van der Waals surface area (Å²) in [5, 5.41) is 15.6. The number of aromatic nitrogens is 3. The molecule has 1 N–H and O–H groups in total. The van der Waals surface area contributed by atoms with Gasteiger partial charge >= 0.3 is 11.6 Å². The van der Waals surface area contributed by atoms with Crippen LogP contribution >= 0.6 is 0 Å². The van der Waals surface area contributed by atoms with Crippen molar-refractivity contribution in [2.45, 2.75) is 76.5 Å². The van der Waals surface area contributed by atoms with Gasteiger partial charge in [0.25, 0.3) is 5.91 Å². The molecular weight excluding hydrogens is 418 g/mol. The Morgan fingerprint density at radius 3 is 2.67 bits per heavy atom. The van der Waals surface area contributed by atoms with Gasteiger partial charge < -0.3 is 10.0 Å². The Balaban J connectivity index is 1.48. The minimum absolute atomic E-state index is 0.0196. The van der Waals surface area contributed by atoms with E-state index < -0.39 is 11.3 Å². The molecule has 33 heavy (non-hydrogen) atoms. The number of piperazine rings is 1. The molecule has 1 atom stereocenters. The molecule has 174 valence electrons. The third-order valence-electron chi connectivity index (χ3n) is 8.15. The lowest BCUT2D eigenvalue weighted by atomic mass is 9.79. The highest BCUT2D eigenvalue weighted by molar-refractivity contribution is 5.93. The van der Waals surface area contributed by atoms with Gasteiger partial charge in [0, 0.05) is 25.6 Å². The maximum atomic E-state index is 13.5. The third-order valence-corrected chi connectivity index (χ3v) is 8.15. The number of rotatable bonds is 3. The third kappa shape index (κ3) is 2.79. The first kappa shape index (κ1) is 20.8. The molecule has 2 aromatic rings. The van der Waals surface area contributed by atoms with E-state index in [1.54, 1.807) is 4.90 Å². The Kier molecular flexibility index (Phi) is 4.35. The summed E-state index contributed by atoms with van der Waals surface area (Å²) < 4.78 is 3.97. The molecule has 2 amide bonds. The van der Waals surface area contributed by atoms with E-state index in [9.17, 15) is 14.7 Å². The number of imidazole rings is 1. The van der Waals surface area contributed by atoms with Gasteiger partial charge in [0.05, 0.1) is 6.54 Å². The molecule has 2 aliphatic heterocycles. The second-order valence-corrected chi connectivity index (χ2v) is 10.7. The Hall–Kier alpha value is -2.74. The maximum Gasteiger partial charge on any atom is 0.313 e. The van der Waals surface area contributed by atoms with Gasteiger partial charge in [0.15, 0.2) is 6.20 Å². The summed E-state index contributed by atoms with van der Waals surface area (Å²) in [7, 11) is 0.